The number of rotatable bonds is 4. The third-order valence-electron chi connectivity index (χ3n) is 3.14. The quantitative estimate of drug-likeness (QED) is 0.655. The van der Waals surface area contributed by atoms with Gasteiger partial charge < -0.3 is 14.9 Å². The zero-order valence-corrected chi connectivity index (χ0v) is 12.9. The SMILES string of the molecule is Cc1cc(CCC(=O)OC(=O)CO)cc(C(C)(C)C)c1O. The second-order valence-electron chi connectivity index (χ2n) is 6.06. The molecule has 0 aliphatic carbocycles. The van der Waals surface area contributed by atoms with Gasteiger partial charge in [-0.05, 0) is 35.4 Å². The van der Waals surface area contributed by atoms with Crippen LogP contribution in [0.1, 0.15) is 43.9 Å². The molecule has 5 heteroatoms. The molecular formula is C16H22O5. The van der Waals surface area contributed by atoms with Gasteiger partial charge in [0.25, 0.3) is 0 Å². The van der Waals surface area contributed by atoms with Crippen molar-refractivity contribution < 1.29 is 24.5 Å². The molecule has 0 fully saturated rings. The van der Waals surface area contributed by atoms with Crippen LogP contribution in [0.4, 0.5) is 0 Å². The lowest BCUT2D eigenvalue weighted by atomic mass is 9.83. The number of esters is 2. The Morgan fingerprint density at radius 2 is 1.81 bits per heavy atom. The Kier molecular flexibility index (Phi) is 5.49. The van der Waals surface area contributed by atoms with Crippen LogP contribution < -0.4 is 0 Å². The number of aryl methyl sites for hydroxylation is 2. The number of aliphatic hydroxyl groups excluding tert-OH is 1. The van der Waals surface area contributed by atoms with Gasteiger partial charge in [0.15, 0.2) is 0 Å². The van der Waals surface area contributed by atoms with Crippen molar-refractivity contribution in [2.24, 2.45) is 0 Å². The maximum absolute atomic E-state index is 11.4. The van der Waals surface area contributed by atoms with Gasteiger partial charge in [-0.3, -0.25) is 4.79 Å². The van der Waals surface area contributed by atoms with Gasteiger partial charge in [-0.15, -0.1) is 0 Å². The summed E-state index contributed by atoms with van der Waals surface area (Å²) in [5.74, 6) is -1.35. The minimum absolute atomic E-state index is 0.0412. The second-order valence-corrected chi connectivity index (χ2v) is 6.06. The summed E-state index contributed by atoms with van der Waals surface area (Å²) in [7, 11) is 0. The first-order valence-electron chi connectivity index (χ1n) is 6.82. The fraction of sp³-hybridized carbons (Fsp3) is 0.500. The molecule has 0 saturated carbocycles. The molecule has 1 aromatic rings. The van der Waals surface area contributed by atoms with E-state index in [9.17, 15) is 14.7 Å². The highest BCUT2D eigenvalue weighted by atomic mass is 16.6. The summed E-state index contributed by atoms with van der Waals surface area (Å²) < 4.78 is 4.40. The van der Waals surface area contributed by atoms with Crippen molar-refractivity contribution in [1.29, 1.82) is 0 Å². The zero-order chi connectivity index (χ0) is 16.2. The molecule has 0 aliphatic heterocycles. The lowest BCUT2D eigenvalue weighted by Crippen LogP contribution is -2.16. The molecule has 1 rings (SSSR count). The summed E-state index contributed by atoms with van der Waals surface area (Å²) in [4.78, 5) is 22.2. The van der Waals surface area contributed by atoms with E-state index in [1.54, 1.807) is 0 Å². The number of carbonyl (C=O) groups excluding carboxylic acids is 2. The van der Waals surface area contributed by atoms with Crippen LogP contribution in [-0.2, 0) is 26.2 Å². The van der Waals surface area contributed by atoms with E-state index in [1.807, 2.05) is 39.8 Å². The van der Waals surface area contributed by atoms with Crippen molar-refractivity contribution in [3.63, 3.8) is 0 Å². The molecule has 0 saturated heterocycles. The Bertz CT molecular complexity index is 540. The Balaban J connectivity index is 2.84. The van der Waals surface area contributed by atoms with Crippen LogP contribution in [-0.4, -0.2) is 28.8 Å². The molecule has 5 nitrogen and oxygen atoms in total. The number of phenolic OH excluding ortho intramolecular Hbond substituents is 1. The average Bonchev–Trinajstić information content (AvgIpc) is 2.38. The number of hydrogen-bond acceptors (Lipinski definition) is 5. The molecule has 0 bridgehead atoms. The Labute approximate surface area is 124 Å². The van der Waals surface area contributed by atoms with Gasteiger partial charge in [0.1, 0.15) is 12.4 Å². The van der Waals surface area contributed by atoms with Crippen LogP contribution in [0.25, 0.3) is 0 Å². The molecule has 0 heterocycles. The summed E-state index contributed by atoms with van der Waals surface area (Å²) in [6, 6.07) is 3.68. The van der Waals surface area contributed by atoms with Crippen molar-refractivity contribution in [1.82, 2.24) is 0 Å². The fourth-order valence-electron chi connectivity index (χ4n) is 2.03. The van der Waals surface area contributed by atoms with Gasteiger partial charge in [0.2, 0.25) is 0 Å². The van der Waals surface area contributed by atoms with Crippen LogP contribution in [0.5, 0.6) is 5.75 Å². The molecule has 0 amide bonds. The van der Waals surface area contributed by atoms with E-state index >= 15 is 0 Å². The molecule has 21 heavy (non-hydrogen) atoms. The number of aliphatic hydroxyl groups is 1. The number of phenols is 1. The van der Waals surface area contributed by atoms with Gasteiger partial charge in [-0.1, -0.05) is 32.9 Å². The molecule has 116 valence electrons. The third-order valence-corrected chi connectivity index (χ3v) is 3.14. The van der Waals surface area contributed by atoms with Crippen LogP contribution >= 0.6 is 0 Å². The molecular weight excluding hydrogens is 272 g/mol. The van der Waals surface area contributed by atoms with E-state index in [1.165, 1.54) is 0 Å². The highest BCUT2D eigenvalue weighted by molar-refractivity contribution is 5.86. The Hall–Kier alpha value is -1.88. The monoisotopic (exact) mass is 294 g/mol. The largest absolute Gasteiger partial charge is 0.507 e. The zero-order valence-electron chi connectivity index (χ0n) is 12.9. The Morgan fingerprint density at radius 3 is 2.33 bits per heavy atom. The summed E-state index contributed by atoms with van der Waals surface area (Å²) >= 11 is 0. The molecule has 2 N–H and O–H groups in total. The van der Waals surface area contributed by atoms with Crippen LogP contribution in [0.3, 0.4) is 0 Å². The molecule has 0 aromatic heterocycles. The third kappa shape index (κ3) is 4.86. The summed E-state index contributed by atoms with van der Waals surface area (Å²) in [6.07, 6.45) is 0.446. The van der Waals surface area contributed by atoms with Gasteiger partial charge in [-0.2, -0.15) is 0 Å². The fourth-order valence-corrected chi connectivity index (χ4v) is 2.03. The van der Waals surface area contributed by atoms with Gasteiger partial charge >= 0.3 is 11.9 Å². The van der Waals surface area contributed by atoms with Crippen molar-refractivity contribution in [3.05, 3.63) is 28.8 Å². The van der Waals surface area contributed by atoms with E-state index in [0.717, 1.165) is 16.7 Å². The topological polar surface area (TPSA) is 83.8 Å². The lowest BCUT2D eigenvalue weighted by molar-refractivity contribution is -0.161. The molecule has 0 spiro atoms. The number of carbonyl (C=O) groups is 2. The first-order chi connectivity index (χ1) is 9.65. The van der Waals surface area contributed by atoms with Gasteiger partial charge in [-0.25, -0.2) is 4.79 Å². The predicted molar refractivity (Wildman–Crippen MR) is 78.0 cm³/mol. The second kappa shape index (κ2) is 6.72. The van der Waals surface area contributed by atoms with Gasteiger partial charge in [0.05, 0.1) is 6.42 Å². The van der Waals surface area contributed by atoms with E-state index < -0.39 is 18.5 Å². The van der Waals surface area contributed by atoms with Crippen molar-refractivity contribution >= 4 is 11.9 Å². The minimum atomic E-state index is -0.947. The number of aromatic hydroxyl groups is 1. The van der Waals surface area contributed by atoms with Crippen LogP contribution in [0.15, 0.2) is 12.1 Å². The molecule has 0 unspecified atom stereocenters. The minimum Gasteiger partial charge on any atom is -0.507 e. The Morgan fingerprint density at radius 1 is 1.19 bits per heavy atom. The highest BCUT2D eigenvalue weighted by Gasteiger charge is 2.20. The summed E-state index contributed by atoms with van der Waals surface area (Å²) in [5, 5.41) is 18.6. The van der Waals surface area contributed by atoms with Gasteiger partial charge in [0, 0.05) is 0 Å². The maximum atomic E-state index is 11.4. The molecule has 0 aliphatic rings. The first kappa shape index (κ1) is 17.2. The van der Waals surface area contributed by atoms with Crippen LogP contribution in [0, 0.1) is 6.92 Å². The van der Waals surface area contributed by atoms with Crippen molar-refractivity contribution in [2.75, 3.05) is 6.61 Å². The van der Waals surface area contributed by atoms with Crippen LogP contribution in [0.2, 0.25) is 0 Å². The number of hydrogen-bond donors (Lipinski definition) is 2. The highest BCUT2D eigenvalue weighted by Crippen LogP contribution is 2.34. The molecule has 0 radical (unpaired) electrons. The van der Waals surface area contributed by atoms with E-state index in [0.29, 0.717) is 6.42 Å². The lowest BCUT2D eigenvalue weighted by Gasteiger charge is -2.22. The van der Waals surface area contributed by atoms with Crippen molar-refractivity contribution in [2.45, 2.75) is 46.0 Å². The van der Waals surface area contributed by atoms with Crippen molar-refractivity contribution in [3.8, 4) is 5.75 Å². The first-order valence-corrected chi connectivity index (χ1v) is 6.82. The molecule has 0 atom stereocenters. The van der Waals surface area contributed by atoms with E-state index in [4.69, 9.17) is 5.11 Å². The maximum Gasteiger partial charge on any atom is 0.339 e. The van der Waals surface area contributed by atoms with E-state index in [2.05, 4.69) is 4.74 Å². The molecule has 1 aromatic carbocycles. The number of benzene rings is 1. The summed E-state index contributed by atoms with van der Waals surface area (Å²) in [6.45, 7) is 7.00. The number of ether oxygens (including phenoxy) is 1. The summed E-state index contributed by atoms with van der Waals surface area (Å²) in [5.41, 5.74) is 2.25. The van der Waals surface area contributed by atoms with E-state index in [-0.39, 0.29) is 17.6 Å². The smallest absolute Gasteiger partial charge is 0.339 e. The predicted octanol–water partition coefficient (Wildman–Crippen LogP) is 1.99. The normalized spacial score (nSPS) is 11.3. The standard InChI is InChI=1S/C16H22O5/c1-10-7-11(5-6-13(18)21-14(19)9-17)8-12(15(10)20)16(2,3)4/h7-8,17,20H,5-6,9H2,1-4H3. The average molecular weight is 294 g/mol.